The molecule has 93 heavy (non-hydrogen) atoms. The number of esters is 2. The largest absolute Gasteiger partial charge is 0.472 e. The average Bonchev–Trinajstić information content (AvgIpc) is 3.60. The van der Waals surface area contributed by atoms with Crippen LogP contribution in [-0.2, 0) is 32.7 Å². The molecule has 0 amide bonds. The molecule has 0 aliphatic rings. The fourth-order valence-electron chi connectivity index (χ4n) is 10.3. The van der Waals surface area contributed by atoms with E-state index in [0.29, 0.717) is 6.42 Å². The molecule has 0 fully saturated rings. The van der Waals surface area contributed by atoms with E-state index in [4.69, 9.17) is 24.3 Å². The lowest BCUT2D eigenvalue weighted by Gasteiger charge is -2.19. The second-order valence-electron chi connectivity index (χ2n) is 24.8. The SMILES string of the molecule is CC/C=C\C/C=C\C/C=C\C/C=C\C/C=C\C/C=C\C/C=C\C/C=C\C/C=C\C/C=C\CCCCCCCCCCC(=O)OC(COC(=O)CCCCCCCCCCCCCCCCCCCC/C=C\C/C=C\C/C=C\CCCCCCC)COP(=O)(O)OCCN. The molecule has 0 radical (unpaired) electrons. The molecule has 0 aromatic heterocycles. The molecule has 0 heterocycles. The number of rotatable bonds is 70. The van der Waals surface area contributed by atoms with Crippen molar-refractivity contribution in [1.29, 1.82) is 0 Å². The third-order valence-corrected chi connectivity index (χ3v) is 16.9. The van der Waals surface area contributed by atoms with Gasteiger partial charge in [-0.1, -0.05) is 339 Å². The maximum atomic E-state index is 12.8. The van der Waals surface area contributed by atoms with Crippen LogP contribution in [0.2, 0.25) is 0 Å². The maximum Gasteiger partial charge on any atom is 0.472 e. The van der Waals surface area contributed by atoms with Gasteiger partial charge in [-0.15, -0.1) is 0 Å². The molecule has 0 aliphatic carbocycles. The van der Waals surface area contributed by atoms with E-state index in [1.807, 2.05) is 0 Å². The van der Waals surface area contributed by atoms with E-state index in [1.54, 1.807) is 0 Å². The number of phosphoric acid groups is 1. The van der Waals surface area contributed by atoms with Crippen LogP contribution >= 0.6 is 7.82 Å². The number of ether oxygens (including phenoxy) is 2. The van der Waals surface area contributed by atoms with Gasteiger partial charge in [0.1, 0.15) is 6.61 Å². The molecular weight excluding hydrogens is 1170 g/mol. The fraction of sp³-hybridized carbons (Fsp3) is 0.663. The third kappa shape index (κ3) is 76.5. The molecule has 10 heteroatoms. The lowest BCUT2D eigenvalue weighted by atomic mass is 10.0. The Hall–Kier alpha value is -4.37. The predicted octanol–water partition coefficient (Wildman–Crippen LogP) is 25.5. The molecule has 0 aliphatic heterocycles. The molecule has 9 nitrogen and oxygen atoms in total. The minimum Gasteiger partial charge on any atom is -0.462 e. The van der Waals surface area contributed by atoms with E-state index in [0.717, 1.165) is 122 Å². The van der Waals surface area contributed by atoms with Crippen LogP contribution < -0.4 is 5.73 Å². The minimum absolute atomic E-state index is 0.0457. The number of hydrogen-bond donors (Lipinski definition) is 2. The topological polar surface area (TPSA) is 134 Å². The van der Waals surface area contributed by atoms with Gasteiger partial charge in [-0.05, 0) is 128 Å². The first-order valence-electron chi connectivity index (χ1n) is 38.0. The highest BCUT2D eigenvalue weighted by molar-refractivity contribution is 7.47. The molecular formula is C83H140NO8P. The quantitative estimate of drug-likeness (QED) is 0.0264. The summed E-state index contributed by atoms with van der Waals surface area (Å²) in [5, 5.41) is 0. The highest BCUT2D eigenvalue weighted by Gasteiger charge is 2.26. The van der Waals surface area contributed by atoms with Crippen LogP contribution in [0.15, 0.2) is 158 Å². The minimum atomic E-state index is -4.41. The summed E-state index contributed by atoms with van der Waals surface area (Å²) in [4.78, 5) is 35.4. The second kappa shape index (κ2) is 76.6. The van der Waals surface area contributed by atoms with Gasteiger partial charge in [0.2, 0.25) is 0 Å². The van der Waals surface area contributed by atoms with E-state index in [1.165, 1.54) is 167 Å². The van der Waals surface area contributed by atoms with Gasteiger partial charge in [-0.25, -0.2) is 4.57 Å². The van der Waals surface area contributed by atoms with E-state index in [-0.39, 0.29) is 38.6 Å². The molecule has 0 saturated heterocycles. The summed E-state index contributed by atoms with van der Waals surface area (Å²) in [7, 11) is -4.41. The van der Waals surface area contributed by atoms with Crippen molar-refractivity contribution in [3.63, 3.8) is 0 Å². The first-order valence-corrected chi connectivity index (χ1v) is 39.5. The highest BCUT2D eigenvalue weighted by Crippen LogP contribution is 2.43. The standard InChI is InChI=1S/C83H140NO8P/c1-3-5-7-9-11-13-15-17-19-21-23-25-27-29-31-33-35-37-38-39-40-41-42-44-46-48-50-52-54-56-58-60-62-64-66-68-70-72-74-76-83(86)92-81(80-91-93(87,88)90-78-77-84)79-89-82(85)75-73-71-69-67-65-63-61-59-57-55-53-51-49-47-45-43-36-34-32-30-28-26-24-22-20-18-16-14-12-10-8-6-4-2/h5,7,11,13,16-19,22-25,28-31,35,37,39-40,42,44,48,50,54,56,81H,3-4,6,8-10,12,14-15,20-21,26-27,32-34,36,38,41,43,45-47,49,51-53,55,57-80,84H2,1-2H3,(H,87,88)/b7-5-,13-11-,18-16-,19-17-,24-22-,25-23-,30-28-,31-29-,37-35-,40-39-,44-42-,50-48-,56-54-. The lowest BCUT2D eigenvalue weighted by molar-refractivity contribution is -0.161. The summed E-state index contributed by atoms with van der Waals surface area (Å²) in [6, 6.07) is 0. The monoisotopic (exact) mass is 1310 g/mol. The van der Waals surface area contributed by atoms with Gasteiger partial charge in [0.25, 0.3) is 0 Å². The molecule has 2 atom stereocenters. The zero-order valence-electron chi connectivity index (χ0n) is 59.7. The normalized spacial score (nSPS) is 13.8. The predicted molar refractivity (Wildman–Crippen MR) is 403 cm³/mol. The van der Waals surface area contributed by atoms with Crippen LogP contribution in [0.3, 0.4) is 0 Å². The van der Waals surface area contributed by atoms with E-state index >= 15 is 0 Å². The summed E-state index contributed by atoms with van der Waals surface area (Å²) in [5.41, 5.74) is 5.41. The van der Waals surface area contributed by atoms with Crippen molar-refractivity contribution in [3.8, 4) is 0 Å². The van der Waals surface area contributed by atoms with E-state index in [2.05, 4.69) is 172 Å². The van der Waals surface area contributed by atoms with Crippen LogP contribution in [0.4, 0.5) is 0 Å². The van der Waals surface area contributed by atoms with Crippen LogP contribution in [-0.4, -0.2) is 49.3 Å². The third-order valence-electron chi connectivity index (χ3n) is 15.9. The van der Waals surface area contributed by atoms with Gasteiger partial charge in [-0.2, -0.15) is 0 Å². The fourth-order valence-corrected chi connectivity index (χ4v) is 11.1. The van der Waals surface area contributed by atoms with Gasteiger partial charge in [0, 0.05) is 19.4 Å². The zero-order chi connectivity index (χ0) is 67.2. The Morgan fingerprint density at radius 1 is 0.333 bits per heavy atom. The number of phosphoric ester groups is 1. The van der Waals surface area contributed by atoms with Gasteiger partial charge in [-0.3, -0.25) is 18.6 Å². The highest BCUT2D eigenvalue weighted by atomic mass is 31.2. The molecule has 0 bridgehead atoms. The second-order valence-corrected chi connectivity index (χ2v) is 26.2. The Morgan fingerprint density at radius 3 is 0.882 bits per heavy atom. The number of unbranched alkanes of at least 4 members (excludes halogenated alkanes) is 31. The van der Waals surface area contributed by atoms with Gasteiger partial charge >= 0.3 is 19.8 Å². The molecule has 3 N–H and O–H groups in total. The van der Waals surface area contributed by atoms with Crippen molar-refractivity contribution < 1.29 is 37.6 Å². The number of hydrogen-bond acceptors (Lipinski definition) is 8. The van der Waals surface area contributed by atoms with Crippen LogP contribution in [0, 0.1) is 0 Å². The van der Waals surface area contributed by atoms with Gasteiger partial charge < -0.3 is 20.1 Å². The van der Waals surface area contributed by atoms with Gasteiger partial charge in [0.05, 0.1) is 13.2 Å². The molecule has 2 unspecified atom stereocenters. The smallest absolute Gasteiger partial charge is 0.462 e. The summed E-state index contributed by atoms with van der Waals surface area (Å²) >= 11 is 0. The average molecular weight is 1310 g/mol. The number of allylic oxidation sites excluding steroid dienone is 26. The first kappa shape index (κ1) is 88.6. The molecule has 0 spiro atoms. The van der Waals surface area contributed by atoms with Crippen molar-refractivity contribution in [2.24, 2.45) is 5.73 Å². The van der Waals surface area contributed by atoms with Crippen molar-refractivity contribution in [2.45, 2.75) is 328 Å². The Balaban J connectivity index is 3.92. The van der Waals surface area contributed by atoms with Gasteiger partial charge in [0.15, 0.2) is 6.10 Å². The maximum absolute atomic E-state index is 12.8. The molecule has 0 aromatic carbocycles. The van der Waals surface area contributed by atoms with Crippen LogP contribution in [0.1, 0.15) is 322 Å². The van der Waals surface area contributed by atoms with Crippen LogP contribution in [0.5, 0.6) is 0 Å². The molecule has 0 aromatic rings. The lowest BCUT2D eigenvalue weighted by Crippen LogP contribution is -2.29. The number of carbonyl (C=O) groups excluding carboxylic acids is 2. The van der Waals surface area contributed by atoms with Crippen molar-refractivity contribution in [2.75, 3.05) is 26.4 Å². The van der Waals surface area contributed by atoms with Crippen LogP contribution in [0.25, 0.3) is 0 Å². The summed E-state index contributed by atoms with van der Waals surface area (Å²) < 4.78 is 33.2. The van der Waals surface area contributed by atoms with Crippen molar-refractivity contribution in [3.05, 3.63) is 158 Å². The molecule has 530 valence electrons. The number of nitrogens with two attached hydrogens (primary N) is 1. The Labute approximate surface area is 572 Å². The Kier molecular flexibility index (Phi) is 73.0. The zero-order valence-corrected chi connectivity index (χ0v) is 60.6. The number of carbonyl (C=O) groups is 2. The Morgan fingerprint density at radius 2 is 0.591 bits per heavy atom. The van der Waals surface area contributed by atoms with Crippen molar-refractivity contribution >= 4 is 19.8 Å². The first-order chi connectivity index (χ1) is 45.8. The van der Waals surface area contributed by atoms with E-state index in [9.17, 15) is 19.0 Å². The van der Waals surface area contributed by atoms with E-state index < -0.39 is 26.5 Å². The Bertz CT molecular complexity index is 2090. The molecule has 0 saturated carbocycles. The summed E-state index contributed by atoms with van der Waals surface area (Å²) in [5.74, 6) is -0.837. The molecule has 0 rings (SSSR count). The summed E-state index contributed by atoms with van der Waals surface area (Å²) in [6.45, 7) is 3.62. The summed E-state index contributed by atoms with van der Waals surface area (Å²) in [6.07, 6.45) is 112. The van der Waals surface area contributed by atoms with Crippen molar-refractivity contribution in [1.82, 2.24) is 0 Å².